The molecule has 0 amide bonds. The normalized spacial score (nSPS) is 17.6. The second kappa shape index (κ2) is 6.85. The van der Waals surface area contributed by atoms with E-state index in [2.05, 4.69) is 9.51 Å². The Morgan fingerprint density at radius 3 is 2.80 bits per heavy atom. The van der Waals surface area contributed by atoms with E-state index in [4.69, 9.17) is 10.5 Å². The van der Waals surface area contributed by atoms with Crippen molar-refractivity contribution in [1.82, 2.24) is 9.55 Å². The standard InChI is InChI=1S/C10H15FN3O5P/c1-6(15)10(11,5-18-20-17)19-7(2)14-4-3-8(12)13-9(14)16/h3-4,6-7,15H,5H2,1-2H3,(H2,12,13,16)/t6-,7+,10+/m0/s1. The molecule has 8 nitrogen and oxygen atoms in total. The van der Waals surface area contributed by atoms with Crippen LogP contribution in [0.5, 0.6) is 0 Å². The molecule has 0 aliphatic rings. The van der Waals surface area contributed by atoms with Crippen molar-refractivity contribution in [1.29, 1.82) is 0 Å². The van der Waals surface area contributed by atoms with Gasteiger partial charge < -0.3 is 15.6 Å². The second-order valence-electron chi connectivity index (χ2n) is 4.07. The largest absolute Gasteiger partial charge is 0.387 e. The van der Waals surface area contributed by atoms with Gasteiger partial charge in [0.2, 0.25) is 0 Å². The molecule has 0 saturated carbocycles. The summed E-state index contributed by atoms with van der Waals surface area (Å²) in [6.07, 6.45) is -1.36. The molecule has 1 heterocycles. The lowest BCUT2D eigenvalue weighted by molar-refractivity contribution is -0.253. The van der Waals surface area contributed by atoms with Gasteiger partial charge in [-0.2, -0.15) is 4.98 Å². The van der Waals surface area contributed by atoms with E-state index in [1.54, 1.807) is 0 Å². The predicted octanol–water partition coefficient (Wildman–Crippen LogP) is 0.630. The molecule has 0 bridgehead atoms. The number of nitrogen functional groups attached to an aromatic ring is 1. The molecule has 0 aromatic carbocycles. The van der Waals surface area contributed by atoms with Gasteiger partial charge in [0.15, 0.2) is 0 Å². The Morgan fingerprint density at radius 2 is 2.30 bits per heavy atom. The third-order valence-electron chi connectivity index (χ3n) is 2.55. The van der Waals surface area contributed by atoms with Gasteiger partial charge in [-0.1, -0.05) is 0 Å². The van der Waals surface area contributed by atoms with E-state index in [0.717, 1.165) is 11.5 Å². The fourth-order valence-electron chi connectivity index (χ4n) is 1.41. The van der Waals surface area contributed by atoms with E-state index in [1.807, 2.05) is 0 Å². The molecule has 3 atom stereocenters. The number of nitrogens with two attached hydrogens (primary N) is 1. The van der Waals surface area contributed by atoms with Gasteiger partial charge in [0.1, 0.15) is 24.8 Å². The van der Waals surface area contributed by atoms with Gasteiger partial charge in [0.25, 0.3) is 5.85 Å². The number of aromatic nitrogens is 2. The molecule has 1 aromatic heterocycles. The lowest BCUT2D eigenvalue weighted by Crippen LogP contribution is -2.45. The highest BCUT2D eigenvalue weighted by atomic mass is 31.1. The topological polar surface area (TPSA) is 117 Å². The Balaban J connectivity index is 2.93. The van der Waals surface area contributed by atoms with Crippen LogP contribution in [0.25, 0.3) is 0 Å². The summed E-state index contributed by atoms with van der Waals surface area (Å²) in [4.78, 5) is 15.0. The van der Waals surface area contributed by atoms with Crippen molar-refractivity contribution in [3.63, 3.8) is 0 Å². The Hall–Kier alpha value is -1.41. The number of rotatable bonds is 7. The number of aliphatic hydroxyl groups is 1. The fourth-order valence-corrected chi connectivity index (χ4v) is 1.64. The first-order valence-corrected chi connectivity index (χ1v) is 6.37. The summed E-state index contributed by atoms with van der Waals surface area (Å²) in [5.74, 6) is -2.61. The van der Waals surface area contributed by atoms with Crippen molar-refractivity contribution in [3.05, 3.63) is 22.7 Å². The zero-order chi connectivity index (χ0) is 15.3. The van der Waals surface area contributed by atoms with Gasteiger partial charge in [-0.05, 0) is 19.9 Å². The van der Waals surface area contributed by atoms with Crippen LogP contribution in [0, 0.1) is 0 Å². The minimum atomic E-state index is -2.63. The molecule has 0 aliphatic carbocycles. The van der Waals surface area contributed by atoms with Gasteiger partial charge >= 0.3 is 14.4 Å². The molecule has 10 heteroatoms. The first-order chi connectivity index (χ1) is 9.30. The summed E-state index contributed by atoms with van der Waals surface area (Å²) in [5.41, 5.74) is 4.61. The zero-order valence-electron chi connectivity index (χ0n) is 10.9. The first-order valence-electron chi connectivity index (χ1n) is 5.64. The summed E-state index contributed by atoms with van der Waals surface area (Å²) in [6.45, 7) is 1.75. The third kappa shape index (κ3) is 4.04. The maximum absolute atomic E-state index is 14.3. The SMILES string of the molecule is C[C@H](O)[C@@](F)(COP=O)O[C@H](C)n1ccc(N)nc1=O. The van der Waals surface area contributed by atoms with Crippen molar-refractivity contribution in [2.75, 3.05) is 12.3 Å². The zero-order valence-corrected chi connectivity index (χ0v) is 11.8. The molecular formula is C10H15FN3O5P. The molecule has 0 spiro atoms. The van der Waals surface area contributed by atoms with Crippen LogP contribution >= 0.6 is 8.69 Å². The van der Waals surface area contributed by atoms with Gasteiger partial charge in [0, 0.05) is 6.20 Å². The van der Waals surface area contributed by atoms with Gasteiger partial charge in [-0.3, -0.25) is 9.09 Å². The van der Waals surface area contributed by atoms with E-state index in [0.29, 0.717) is 0 Å². The molecule has 0 radical (unpaired) electrons. The Morgan fingerprint density at radius 1 is 1.65 bits per heavy atom. The minimum absolute atomic E-state index is 0.0222. The maximum atomic E-state index is 14.3. The fraction of sp³-hybridized carbons (Fsp3) is 0.600. The van der Waals surface area contributed by atoms with E-state index in [1.165, 1.54) is 19.2 Å². The number of hydrogen-bond donors (Lipinski definition) is 2. The van der Waals surface area contributed by atoms with Crippen LogP contribution in [0.15, 0.2) is 17.1 Å². The summed E-state index contributed by atoms with van der Waals surface area (Å²) >= 11 is 0. The number of halogens is 1. The number of anilines is 1. The Bertz CT molecular complexity index is 526. The highest BCUT2D eigenvalue weighted by Gasteiger charge is 2.39. The molecule has 0 unspecified atom stereocenters. The van der Waals surface area contributed by atoms with Crippen LogP contribution in [0.3, 0.4) is 0 Å². The summed E-state index contributed by atoms with van der Waals surface area (Å²) in [6, 6.07) is 1.34. The molecule has 1 aromatic rings. The van der Waals surface area contributed by atoms with Crippen LogP contribution in [-0.4, -0.2) is 33.2 Å². The molecule has 1 rings (SSSR count). The lowest BCUT2D eigenvalue weighted by Gasteiger charge is -2.30. The summed E-state index contributed by atoms with van der Waals surface area (Å²) in [7, 11) is -0.750. The van der Waals surface area contributed by atoms with Crippen molar-refractivity contribution in [2.24, 2.45) is 0 Å². The molecule has 0 aliphatic heterocycles. The molecule has 3 N–H and O–H groups in total. The van der Waals surface area contributed by atoms with Crippen molar-refractivity contribution in [3.8, 4) is 0 Å². The smallest absolute Gasteiger partial charge is 0.351 e. The predicted molar refractivity (Wildman–Crippen MR) is 67.8 cm³/mol. The number of ether oxygens (including phenoxy) is 1. The first kappa shape index (κ1) is 16.6. The average molecular weight is 307 g/mol. The number of hydrogen-bond acceptors (Lipinski definition) is 7. The number of aliphatic hydroxyl groups excluding tert-OH is 1. The van der Waals surface area contributed by atoms with E-state index < -0.39 is 39.2 Å². The second-order valence-corrected chi connectivity index (χ2v) is 4.48. The van der Waals surface area contributed by atoms with Crippen LogP contribution < -0.4 is 11.4 Å². The van der Waals surface area contributed by atoms with Crippen LogP contribution in [-0.2, 0) is 13.8 Å². The third-order valence-corrected chi connectivity index (χ3v) is 2.78. The Kier molecular flexibility index (Phi) is 5.70. The Labute approximate surface area is 115 Å². The van der Waals surface area contributed by atoms with Crippen molar-refractivity contribution < 1.29 is 23.3 Å². The number of nitrogens with zero attached hydrogens (tertiary/aromatic N) is 2. The van der Waals surface area contributed by atoms with Gasteiger partial charge in [-0.25, -0.2) is 13.8 Å². The van der Waals surface area contributed by atoms with Crippen LogP contribution in [0.2, 0.25) is 0 Å². The van der Waals surface area contributed by atoms with Gasteiger partial charge in [-0.15, -0.1) is 0 Å². The van der Waals surface area contributed by atoms with Crippen LogP contribution in [0.4, 0.5) is 10.2 Å². The van der Waals surface area contributed by atoms with Crippen molar-refractivity contribution >= 4 is 14.5 Å². The van der Waals surface area contributed by atoms with E-state index >= 15 is 0 Å². The molecule has 112 valence electrons. The van der Waals surface area contributed by atoms with E-state index in [9.17, 15) is 18.9 Å². The quantitative estimate of drug-likeness (QED) is 0.709. The number of alkyl halides is 1. The van der Waals surface area contributed by atoms with Gasteiger partial charge in [0.05, 0.1) is 0 Å². The monoisotopic (exact) mass is 307 g/mol. The average Bonchev–Trinajstić information content (AvgIpc) is 2.35. The summed E-state index contributed by atoms with van der Waals surface area (Å²) in [5, 5.41) is 9.40. The molecule has 0 fully saturated rings. The van der Waals surface area contributed by atoms with Crippen LogP contribution in [0.1, 0.15) is 20.1 Å². The highest BCUT2D eigenvalue weighted by Crippen LogP contribution is 2.26. The van der Waals surface area contributed by atoms with Crippen molar-refractivity contribution in [2.45, 2.75) is 32.0 Å². The molecule has 0 saturated heterocycles. The van der Waals surface area contributed by atoms with E-state index in [-0.39, 0.29) is 5.82 Å². The summed E-state index contributed by atoms with van der Waals surface area (Å²) < 4.78 is 34.9. The molecular weight excluding hydrogens is 292 g/mol. The molecule has 20 heavy (non-hydrogen) atoms. The highest BCUT2D eigenvalue weighted by molar-refractivity contribution is 7.17. The lowest BCUT2D eigenvalue weighted by atomic mass is 10.2. The minimum Gasteiger partial charge on any atom is -0.387 e. The maximum Gasteiger partial charge on any atom is 0.351 e.